The highest BCUT2D eigenvalue weighted by molar-refractivity contribution is 6.39. The molecule has 11 heterocycles. The van der Waals surface area contributed by atoms with Crippen LogP contribution in [0.15, 0.2) is 125 Å². The van der Waals surface area contributed by atoms with Crippen molar-refractivity contribution in [1.82, 2.24) is 64.3 Å². The Bertz CT molecular complexity index is 5280. The van der Waals surface area contributed by atoms with Gasteiger partial charge in [-0.05, 0) is 174 Å². The molecule has 1 aliphatic carbocycles. The maximum absolute atomic E-state index is 14.6. The Hall–Kier alpha value is -10.4. The van der Waals surface area contributed by atoms with Crippen molar-refractivity contribution in [1.29, 1.82) is 0 Å². The monoisotopic (exact) mass is 1870 g/mol. The first kappa shape index (κ1) is 102. The lowest BCUT2D eigenvalue weighted by Gasteiger charge is -2.43. The van der Waals surface area contributed by atoms with E-state index in [-0.39, 0.29) is 79.9 Å². The van der Waals surface area contributed by atoms with E-state index in [9.17, 15) is 44.4 Å². The zero-order valence-corrected chi connectivity index (χ0v) is 80.5. The number of ether oxygens (including phenoxy) is 6. The molecule has 732 valence electrons. The van der Waals surface area contributed by atoms with Gasteiger partial charge in [0.2, 0.25) is 17.7 Å². The molecule has 5 fully saturated rings. The lowest BCUT2D eigenvalue weighted by molar-refractivity contribution is -0.265. The van der Waals surface area contributed by atoms with Gasteiger partial charge in [0, 0.05) is 174 Å². The number of oxime groups is 1. The molecule has 35 heteroatoms. The number of rotatable bonds is 23. The number of aromatic nitrogens is 9. The van der Waals surface area contributed by atoms with Gasteiger partial charge < -0.3 is 94.1 Å². The number of amides is 2. The van der Waals surface area contributed by atoms with Crippen LogP contribution in [0, 0.1) is 35.5 Å². The van der Waals surface area contributed by atoms with Crippen molar-refractivity contribution in [2.45, 2.75) is 232 Å². The number of aliphatic hydroxyl groups is 4. The summed E-state index contributed by atoms with van der Waals surface area (Å²) in [7, 11) is 6.74. The number of ketones is 2. The summed E-state index contributed by atoms with van der Waals surface area (Å²) in [6.45, 7) is 26.3. The van der Waals surface area contributed by atoms with Crippen molar-refractivity contribution in [2.75, 3.05) is 141 Å². The topological polar surface area (TPSA) is 436 Å². The maximum Gasteiger partial charge on any atom is 0.329 e. The molecule has 2 amide bonds. The predicted octanol–water partition coefficient (Wildman–Crippen LogP) is 9.90. The van der Waals surface area contributed by atoms with Crippen molar-refractivity contribution in [3.8, 4) is 11.3 Å². The van der Waals surface area contributed by atoms with Crippen molar-refractivity contribution >= 4 is 80.9 Å². The van der Waals surface area contributed by atoms with Crippen LogP contribution in [0.2, 0.25) is 0 Å². The second-order valence-corrected chi connectivity index (χ2v) is 37.9. The maximum atomic E-state index is 14.6. The number of allylic oxidation sites excluding steroid dienone is 5. The number of aryl methyl sites for hydroxylation is 1. The first-order chi connectivity index (χ1) is 65.0. The van der Waals surface area contributed by atoms with E-state index in [1.54, 1.807) is 58.9 Å². The molecule has 35 nitrogen and oxygen atoms in total. The molecule has 6 aliphatic heterocycles. The number of Topliss-reactive ketones (excluding diaryl/α,β-unsaturated/α-hetero) is 2. The highest BCUT2D eigenvalue weighted by Crippen LogP contribution is 2.40. The number of carbonyl (C=O) groups is 5. The molecular weight excluding hydrogens is 1730 g/mol. The van der Waals surface area contributed by atoms with Crippen LogP contribution < -0.4 is 21.3 Å². The number of hydrogen-bond acceptors (Lipinski definition) is 32. The van der Waals surface area contributed by atoms with Gasteiger partial charge in [0.05, 0.1) is 60.3 Å². The van der Waals surface area contributed by atoms with Crippen LogP contribution in [-0.2, 0) is 78.4 Å². The third-order valence-corrected chi connectivity index (χ3v) is 27.8. The van der Waals surface area contributed by atoms with E-state index in [1.807, 2.05) is 79.8 Å². The number of benzene rings is 2. The highest BCUT2D eigenvalue weighted by Gasteiger charge is 2.53. The van der Waals surface area contributed by atoms with Crippen LogP contribution in [0.4, 0.5) is 23.7 Å². The average molecular weight is 1870 g/mol. The molecular formula is C100H140N18O17. The van der Waals surface area contributed by atoms with Gasteiger partial charge in [0.15, 0.2) is 23.6 Å². The first-order valence-electron chi connectivity index (χ1n) is 48.1. The Kier molecular flexibility index (Phi) is 36.3. The number of nitrogens with two attached hydrogens (primary N) is 2. The van der Waals surface area contributed by atoms with E-state index in [4.69, 9.17) is 54.2 Å². The van der Waals surface area contributed by atoms with E-state index in [0.717, 1.165) is 119 Å². The van der Waals surface area contributed by atoms with E-state index >= 15 is 0 Å². The molecule has 2 bridgehead atoms. The third-order valence-electron chi connectivity index (χ3n) is 27.8. The fourth-order valence-corrected chi connectivity index (χ4v) is 19.5. The van der Waals surface area contributed by atoms with Crippen molar-refractivity contribution < 1.29 is 82.1 Å². The number of likely N-dealkylation sites (N-methyl/N-ethyl adjacent to an activating group) is 1. The van der Waals surface area contributed by atoms with Crippen LogP contribution in [-0.4, -0.2) is 301 Å². The summed E-state index contributed by atoms with van der Waals surface area (Å²) in [5.74, 6) is -5.67. The quantitative estimate of drug-likeness (QED) is 0.0114. The minimum atomic E-state index is -2.44. The molecule has 5 aromatic heterocycles. The molecule has 135 heavy (non-hydrogen) atoms. The number of hydrogen-bond donors (Lipinski definition) is 6. The van der Waals surface area contributed by atoms with Crippen LogP contribution in [0.5, 0.6) is 0 Å². The second kappa shape index (κ2) is 48.0. The Morgan fingerprint density at radius 1 is 0.741 bits per heavy atom. The third kappa shape index (κ3) is 26.3. The Morgan fingerprint density at radius 3 is 2.21 bits per heavy atom. The van der Waals surface area contributed by atoms with E-state index in [1.165, 1.54) is 23.9 Å². The van der Waals surface area contributed by atoms with Crippen molar-refractivity contribution in [2.24, 2.45) is 40.7 Å². The normalized spacial score (nSPS) is 28.5. The number of fused-ring (bicyclic) bond motifs is 6. The fraction of sp³-hybridized carbons (Fsp3) is 0.600. The highest BCUT2D eigenvalue weighted by atomic mass is 16.6. The molecule has 4 saturated heterocycles. The number of methoxy groups -OCH3 is 3. The van der Waals surface area contributed by atoms with Gasteiger partial charge in [0.25, 0.3) is 23.6 Å². The number of anilines is 4. The lowest BCUT2D eigenvalue weighted by Crippen LogP contribution is -2.61. The van der Waals surface area contributed by atoms with E-state index in [2.05, 4.69) is 105 Å². The van der Waals surface area contributed by atoms with Gasteiger partial charge in [-0.1, -0.05) is 101 Å². The molecule has 0 radical (unpaired) electrons. The second-order valence-electron chi connectivity index (χ2n) is 37.9. The number of carbonyl (C=O) groups excluding carboxylic acids is 5. The van der Waals surface area contributed by atoms with Crippen LogP contribution in [0.1, 0.15) is 178 Å². The van der Waals surface area contributed by atoms with Crippen molar-refractivity contribution in [3.05, 3.63) is 143 Å². The average Bonchev–Trinajstić information content (AvgIpc) is 1.68. The molecule has 8 N–H and O–H groups in total. The number of esters is 1. The van der Waals surface area contributed by atoms with Gasteiger partial charge >= 0.3 is 5.97 Å². The molecule has 7 aliphatic rings. The van der Waals surface area contributed by atoms with Crippen LogP contribution >= 0.6 is 0 Å². The predicted molar refractivity (Wildman–Crippen MR) is 513 cm³/mol. The summed E-state index contributed by atoms with van der Waals surface area (Å²) in [6, 6.07) is 10.9. The smallest absolute Gasteiger partial charge is 0.329 e. The molecule has 1 saturated carbocycles. The fourth-order valence-electron chi connectivity index (χ4n) is 19.5. The van der Waals surface area contributed by atoms with Gasteiger partial charge in [-0.25, -0.2) is 39.4 Å². The first-order valence-corrected chi connectivity index (χ1v) is 48.1. The Balaban J connectivity index is 0.000000256. The molecule has 0 unspecified atom stereocenters. The van der Waals surface area contributed by atoms with Crippen LogP contribution in [0.3, 0.4) is 0 Å². The number of cyclic esters (lactones) is 1. The number of nitrogen functional groups attached to an aromatic ring is 2. The summed E-state index contributed by atoms with van der Waals surface area (Å²) >= 11 is 0. The lowest BCUT2D eigenvalue weighted by atomic mass is 9.78. The Morgan fingerprint density at radius 2 is 1.48 bits per heavy atom. The summed E-state index contributed by atoms with van der Waals surface area (Å²) in [5, 5.41) is 57.2. The van der Waals surface area contributed by atoms with Gasteiger partial charge in [-0.15, -0.1) is 0 Å². The van der Waals surface area contributed by atoms with Crippen LogP contribution in [0.25, 0.3) is 33.4 Å². The number of nitrogens with zero attached hydrogens (tertiary/aromatic N) is 16. The number of oxazole rings is 1. The number of piperazine rings is 2. The van der Waals surface area contributed by atoms with Gasteiger partial charge in [0.1, 0.15) is 47.7 Å². The zero-order chi connectivity index (χ0) is 96.1. The molecule has 0 spiro atoms. The summed E-state index contributed by atoms with van der Waals surface area (Å²) < 4.78 is 43.2. The standard InChI is InChI=1S/C64H100N6O14.C36H40N12O3/c1-40-17-13-12-14-18-41(2)54(79-9)35-50-24-20-46(7)64(78,84-50)60(75)61(76)70-26-16-15-19-51(70)62(77)83-55(43(4)33-47-22-25-52(72)56(34-47)80-10)36-53(73)42(3)32-45(6)58(74)59(81-11)57(44(5)31-40)67-82-39-49(71)23-21-48-37-65-63(66-38-48)69-29-27-68(8)28-30-69;1-2-14-50-15-13-45-9-11-46(12-10-45)36-39-18-27(19-40-36)34(49)47-8-7-24-16-23(3-4-26(24)21-47)20-48-33-30(32(37)41-22-42-33)31(44-48)25-5-6-29-28(17-25)43-35(38)51-29/h12-14,17-18,32,37-38,40,42-44,46-47,50-56,58-59,72-74,78H,15-16,19-31,33-36,39H2,1-11H3;3-6,16-19,22H,2,7-15,20-21H2,1H3,(H2,38,43)(H2,37,41,42)/b14-12+,17-13+,41-18+,45-32+,67-57?;/t40-,42-,43-,44-,46-,47+,50+,51+,52-,53-,54+,55+,56-,58-,59+,64-;/m1./s1. The largest absolute Gasteiger partial charge is 0.460 e. The SMILES string of the molecule is CCCOCCN1CCN(c2ncc(C(=O)N3CCc4cc(Cn5nc(-c6ccc7oc(N)nc7c6)c6c(N)ncnc65)ccc4C3)cn2)CC1.CO[C@H]1C[C@@H]2CC[C@@H](C)[C@@](O)(O2)C(=O)C(=O)N2CCCC[C@H]2C(=O)O[C@H]([C@H](C)C[C@@H]2CC[C@@H](O)[C@H](OC)C2)C[C@@H](O)[C@H](C)/C=C(\C)[C@@H](O)[C@@H](OC)C(=NOCC(=O)CCc2cnc(N3CCN(C)CC3)nc2)[C@H](C)C[C@H](C)/C=C/C=C/C=C/1C. The summed E-state index contributed by atoms with van der Waals surface area (Å²) in [6.07, 6.45) is 21.5. The number of aliphatic hydroxyl groups excluding tert-OH is 3. The minimum absolute atomic E-state index is 0.00488. The minimum Gasteiger partial charge on any atom is -0.460 e. The summed E-state index contributed by atoms with van der Waals surface area (Å²) in [4.78, 5) is 120. The van der Waals surface area contributed by atoms with Crippen molar-refractivity contribution in [3.63, 3.8) is 0 Å². The number of piperidine rings is 1. The van der Waals surface area contributed by atoms with E-state index < -0.39 is 84.1 Å². The molecule has 7 aromatic rings. The van der Waals surface area contributed by atoms with Gasteiger partial charge in [-0.3, -0.25) is 24.1 Å². The van der Waals surface area contributed by atoms with E-state index in [0.29, 0.717) is 146 Å². The summed E-state index contributed by atoms with van der Waals surface area (Å²) in [5.41, 5.74) is 21.9. The molecule has 2 aromatic carbocycles. The zero-order valence-electron chi connectivity index (χ0n) is 80.5. The molecule has 16 atom stereocenters. The van der Waals surface area contributed by atoms with Gasteiger partial charge in [-0.2, -0.15) is 10.1 Å². The molecule has 14 rings (SSSR count). The Labute approximate surface area is 791 Å².